The number of hydrogen-bond donors (Lipinski definition) is 2. The van der Waals surface area contributed by atoms with Crippen molar-refractivity contribution in [3.8, 4) is 0 Å². The zero-order valence-corrected chi connectivity index (χ0v) is 10.5. The van der Waals surface area contributed by atoms with Gasteiger partial charge < -0.3 is 16.0 Å². The molecule has 3 fully saturated rings. The lowest BCUT2D eigenvalue weighted by atomic mass is 9.84. The molecule has 4 heterocycles. The molecule has 1 atom stereocenters. The molecule has 3 saturated heterocycles. The van der Waals surface area contributed by atoms with E-state index in [1.165, 1.54) is 25.9 Å². The smallest absolute Gasteiger partial charge is 0.133 e. The van der Waals surface area contributed by atoms with E-state index in [9.17, 15) is 0 Å². The molecule has 1 aromatic heterocycles. The van der Waals surface area contributed by atoms with Crippen molar-refractivity contribution in [2.75, 3.05) is 30.7 Å². The summed E-state index contributed by atoms with van der Waals surface area (Å²) in [6.07, 6.45) is 2.57. The van der Waals surface area contributed by atoms with E-state index in [1.807, 2.05) is 6.07 Å². The average molecular weight is 253 g/mol. The van der Waals surface area contributed by atoms with Gasteiger partial charge in [0.25, 0.3) is 0 Å². The van der Waals surface area contributed by atoms with Crippen LogP contribution in [0.4, 0.5) is 11.5 Å². The standard InChI is InChI=1S/C12H17ClN4/c13-11-5-9(14)6-12(16-11)15-10-7-17-3-1-8(10)2-4-17/h5-6,8,10H,1-4,7H2,(H3,14,15,16). The van der Waals surface area contributed by atoms with E-state index >= 15 is 0 Å². The van der Waals surface area contributed by atoms with Crippen molar-refractivity contribution in [1.29, 1.82) is 0 Å². The molecule has 0 aliphatic carbocycles. The average Bonchev–Trinajstić information content (AvgIpc) is 2.29. The molecule has 4 nitrogen and oxygen atoms in total. The van der Waals surface area contributed by atoms with Crippen LogP contribution in [0.5, 0.6) is 0 Å². The number of aromatic nitrogens is 1. The topological polar surface area (TPSA) is 54.2 Å². The Labute approximate surface area is 106 Å². The molecule has 0 spiro atoms. The van der Waals surface area contributed by atoms with E-state index in [1.54, 1.807) is 6.07 Å². The van der Waals surface area contributed by atoms with Gasteiger partial charge in [-0.15, -0.1) is 0 Å². The fourth-order valence-electron chi connectivity index (χ4n) is 2.91. The summed E-state index contributed by atoms with van der Waals surface area (Å²) in [6, 6.07) is 4.01. The Morgan fingerprint density at radius 3 is 2.71 bits per heavy atom. The van der Waals surface area contributed by atoms with Gasteiger partial charge in [-0.1, -0.05) is 11.6 Å². The van der Waals surface area contributed by atoms with Gasteiger partial charge in [0.2, 0.25) is 0 Å². The predicted molar refractivity (Wildman–Crippen MR) is 70.2 cm³/mol. The molecule has 3 aliphatic heterocycles. The molecule has 0 saturated carbocycles. The first-order chi connectivity index (χ1) is 8.20. The number of nitrogens with zero attached hydrogens (tertiary/aromatic N) is 2. The van der Waals surface area contributed by atoms with Crippen molar-refractivity contribution in [1.82, 2.24) is 9.88 Å². The minimum atomic E-state index is 0.453. The van der Waals surface area contributed by atoms with Crippen LogP contribution in [0.2, 0.25) is 5.15 Å². The van der Waals surface area contributed by atoms with Crippen LogP contribution in [-0.4, -0.2) is 35.6 Å². The second-order valence-corrected chi connectivity index (χ2v) is 5.38. The molecule has 4 rings (SSSR count). The van der Waals surface area contributed by atoms with Gasteiger partial charge in [-0.3, -0.25) is 0 Å². The summed E-state index contributed by atoms with van der Waals surface area (Å²) in [6.45, 7) is 3.60. The summed E-state index contributed by atoms with van der Waals surface area (Å²) in [4.78, 5) is 6.77. The van der Waals surface area contributed by atoms with Crippen LogP contribution in [0.25, 0.3) is 0 Å². The first kappa shape index (κ1) is 11.1. The summed E-state index contributed by atoms with van der Waals surface area (Å²) in [5.41, 5.74) is 6.43. The molecule has 5 heteroatoms. The van der Waals surface area contributed by atoms with Crippen LogP contribution >= 0.6 is 11.6 Å². The van der Waals surface area contributed by atoms with Gasteiger partial charge in [-0.25, -0.2) is 4.98 Å². The molecule has 0 amide bonds. The number of nitrogens with one attached hydrogen (secondary N) is 1. The Balaban J connectivity index is 1.74. The van der Waals surface area contributed by atoms with Crippen LogP contribution in [0.3, 0.4) is 0 Å². The van der Waals surface area contributed by atoms with Gasteiger partial charge in [0.05, 0.1) is 0 Å². The van der Waals surface area contributed by atoms with Gasteiger partial charge >= 0.3 is 0 Å². The Kier molecular flexibility index (Phi) is 2.84. The predicted octanol–water partition coefficient (Wildman–Crippen LogP) is 1.82. The Bertz CT molecular complexity index is 395. The minimum absolute atomic E-state index is 0.453. The molecular weight excluding hydrogens is 236 g/mol. The highest BCUT2D eigenvalue weighted by atomic mass is 35.5. The van der Waals surface area contributed by atoms with Crippen LogP contribution in [-0.2, 0) is 0 Å². The normalized spacial score (nSPS) is 31.5. The second-order valence-electron chi connectivity index (χ2n) is 5.00. The maximum atomic E-state index is 5.91. The number of rotatable bonds is 2. The maximum Gasteiger partial charge on any atom is 0.133 e. The highest BCUT2D eigenvalue weighted by molar-refractivity contribution is 6.29. The lowest BCUT2D eigenvalue weighted by Gasteiger charge is -2.45. The number of nitrogen functional groups attached to an aromatic ring is 1. The minimum Gasteiger partial charge on any atom is -0.399 e. The zero-order chi connectivity index (χ0) is 11.8. The van der Waals surface area contributed by atoms with Crippen LogP contribution in [0.15, 0.2) is 12.1 Å². The van der Waals surface area contributed by atoms with Crippen molar-refractivity contribution in [2.24, 2.45) is 5.92 Å². The molecule has 0 radical (unpaired) electrons. The number of fused-ring (bicyclic) bond motifs is 3. The molecule has 0 aromatic carbocycles. The van der Waals surface area contributed by atoms with Gasteiger partial charge in [0, 0.05) is 24.3 Å². The maximum absolute atomic E-state index is 5.91. The van der Waals surface area contributed by atoms with Crippen molar-refractivity contribution >= 4 is 23.1 Å². The van der Waals surface area contributed by atoms with Gasteiger partial charge in [-0.2, -0.15) is 0 Å². The molecule has 3 N–H and O–H groups in total. The number of piperidine rings is 3. The molecule has 17 heavy (non-hydrogen) atoms. The number of pyridine rings is 1. The molecule has 92 valence electrons. The fourth-order valence-corrected chi connectivity index (χ4v) is 3.13. The fraction of sp³-hybridized carbons (Fsp3) is 0.583. The highest BCUT2D eigenvalue weighted by Gasteiger charge is 2.34. The van der Waals surface area contributed by atoms with Gasteiger partial charge in [-0.05, 0) is 37.9 Å². The first-order valence-corrected chi connectivity index (χ1v) is 6.50. The summed E-state index contributed by atoms with van der Waals surface area (Å²) in [7, 11) is 0. The SMILES string of the molecule is Nc1cc(Cl)nc(NC2CN3CCC2CC3)c1. The molecule has 1 aromatic rings. The molecule has 2 bridgehead atoms. The zero-order valence-electron chi connectivity index (χ0n) is 9.69. The molecular formula is C12H17ClN4. The number of halogens is 1. The lowest BCUT2D eigenvalue weighted by molar-refractivity contribution is 0.0974. The van der Waals surface area contributed by atoms with E-state index in [0.29, 0.717) is 16.9 Å². The van der Waals surface area contributed by atoms with Crippen LogP contribution in [0, 0.1) is 5.92 Å². The van der Waals surface area contributed by atoms with E-state index in [4.69, 9.17) is 17.3 Å². The summed E-state index contributed by atoms with van der Waals surface area (Å²) >= 11 is 5.91. The summed E-state index contributed by atoms with van der Waals surface area (Å²) < 4.78 is 0. The lowest BCUT2D eigenvalue weighted by Crippen LogP contribution is -2.53. The van der Waals surface area contributed by atoms with E-state index in [0.717, 1.165) is 18.3 Å². The third-order valence-electron chi connectivity index (χ3n) is 3.81. The Morgan fingerprint density at radius 2 is 2.12 bits per heavy atom. The van der Waals surface area contributed by atoms with E-state index in [2.05, 4.69) is 15.2 Å². The number of anilines is 2. The monoisotopic (exact) mass is 252 g/mol. The number of hydrogen-bond acceptors (Lipinski definition) is 4. The number of nitrogens with two attached hydrogens (primary N) is 1. The van der Waals surface area contributed by atoms with Crippen LogP contribution < -0.4 is 11.1 Å². The summed E-state index contributed by atoms with van der Waals surface area (Å²) in [5, 5.41) is 3.93. The third kappa shape index (κ3) is 2.33. The van der Waals surface area contributed by atoms with Gasteiger partial charge in [0.1, 0.15) is 11.0 Å². The third-order valence-corrected chi connectivity index (χ3v) is 4.00. The van der Waals surface area contributed by atoms with E-state index in [-0.39, 0.29) is 0 Å². The largest absolute Gasteiger partial charge is 0.399 e. The second kappa shape index (κ2) is 4.35. The van der Waals surface area contributed by atoms with Crippen molar-refractivity contribution in [3.63, 3.8) is 0 Å². The first-order valence-electron chi connectivity index (χ1n) is 6.13. The van der Waals surface area contributed by atoms with E-state index < -0.39 is 0 Å². The van der Waals surface area contributed by atoms with Gasteiger partial charge in [0.15, 0.2) is 0 Å². The molecule has 1 unspecified atom stereocenters. The quantitative estimate of drug-likeness (QED) is 0.789. The highest BCUT2D eigenvalue weighted by Crippen LogP contribution is 2.29. The summed E-state index contributed by atoms with van der Waals surface area (Å²) in [5.74, 6) is 1.57. The Morgan fingerprint density at radius 1 is 1.35 bits per heavy atom. The Hall–Kier alpha value is -1.00. The van der Waals surface area contributed by atoms with Crippen molar-refractivity contribution < 1.29 is 0 Å². The van der Waals surface area contributed by atoms with Crippen molar-refractivity contribution in [2.45, 2.75) is 18.9 Å². The van der Waals surface area contributed by atoms with Crippen molar-refractivity contribution in [3.05, 3.63) is 17.3 Å². The van der Waals surface area contributed by atoms with Crippen LogP contribution in [0.1, 0.15) is 12.8 Å². The molecule has 3 aliphatic rings.